The van der Waals surface area contributed by atoms with Gasteiger partial charge in [0.2, 0.25) is 5.95 Å². The maximum absolute atomic E-state index is 6.31. The van der Waals surface area contributed by atoms with Crippen LogP contribution in [0.3, 0.4) is 0 Å². The highest BCUT2D eigenvalue weighted by molar-refractivity contribution is 7.59. The molecule has 10 heteroatoms. The minimum absolute atomic E-state index is 0. The minimum atomic E-state index is 0. The van der Waals surface area contributed by atoms with E-state index in [1.54, 1.807) is 12.1 Å². The molecule has 3 heterocycles. The normalized spacial score (nSPS) is 16.5. The predicted molar refractivity (Wildman–Crippen MR) is 129 cm³/mol. The summed E-state index contributed by atoms with van der Waals surface area (Å²) >= 11 is 18.5. The van der Waals surface area contributed by atoms with Crippen LogP contribution < -0.4 is 15.0 Å². The Morgan fingerprint density at radius 3 is 2.87 bits per heavy atom. The Labute approximate surface area is 197 Å². The zero-order valence-corrected chi connectivity index (χ0v) is 19.8. The largest absolute Gasteiger partial charge is 0.492 e. The molecule has 1 aromatic carbocycles. The smallest absolute Gasteiger partial charge is 0.205 e. The van der Waals surface area contributed by atoms with E-state index in [2.05, 4.69) is 25.2 Å². The van der Waals surface area contributed by atoms with Gasteiger partial charge in [0.05, 0.1) is 17.1 Å². The van der Waals surface area contributed by atoms with Crippen LogP contribution in [-0.4, -0.2) is 40.7 Å². The molecule has 6 nitrogen and oxygen atoms in total. The van der Waals surface area contributed by atoms with E-state index >= 15 is 0 Å². The molecule has 2 N–H and O–H groups in total. The van der Waals surface area contributed by atoms with E-state index < -0.39 is 0 Å². The summed E-state index contributed by atoms with van der Waals surface area (Å²) in [5.74, 6) is 1.51. The highest BCUT2D eigenvalue weighted by Crippen LogP contribution is 2.32. The fraction of sp³-hybridized carbons (Fsp3) is 0.400. The number of ether oxygens (including phenoxy) is 1. The maximum Gasteiger partial charge on any atom is 0.205 e. The lowest BCUT2D eigenvalue weighted by Crippen LogP contribution is -2.46. The molecule has 1 aliphatic heterocycles. The minimum Gasteiger partial charge on any atom is -0.492 e. The third-order valence-electron chi connectivity index (χ3n) is 4.98. The standard InChI is InChI=1S/C20H22Cl3N5O.H2S/c1-2-29-18-12(8-13(21)9-15(18)22)10-24-14-4-3-7-28(11-14)20-25-16-5-6-17(23)26-19(16)27-20;/h5-6,8-9,14,24H,2-4,7,10-11H2,1H3,(H,25,26,27);1H2/t14-;/m0./s1. The quantitative estimate of drug-likeness (QED) is 0.468. The molecule has 0 saturated carbocycles. The summed E-state index contributed by atoms with van der Waals surface area (Å²) in [4.78, 5) is 14.5. The molecule has 1 atom stereocenters. The number of aromatic amines is 1. The summed E-state index contributed by atoms with van der Waals surface area (Å²) in [5.41, 5.74) is 2.48. The van der Waals surface area contributed by atoms with Crippen molar-refractivity contribution in [3.63, 3.8) is 0 Å². The summed E-state index contributed by atoms with van der Waals surface area (Å²) in [5, 5.41) is 5.20. The van der Waals surface area contributed by atoms with Crippen molar-refractivity contribution < 1.29 is 4.74 Å². The zero-order chi connectivity index (χ0) is 20.4. The van der Waals surface area contributed by atoms with E-state index in [9.17, 15) is 0 Å². The molecule has 0 unspecified atom stereocenters. The highest BCUT2D eigenvalue weighted by atomic mass is 35.5. The van der Waals surface area contributed by atoms with Gasteiger partial charge in [0.1, 0.15) is 10.9 Å². The van der Waals surface area contributed by atoms with Crippen molar-refractivity contribution in [3.05, 3.63) is 45.0 Å². The van der Waals surface area contributed by atoms with Crippen molar-refractivity contribution in [2.75, 3.05) is 24.6 Å². The number of halogens is 3. The number of fused-ring (bicyclic) bond motifs is 1. The Bertz CT molecular complexity index is 1020. The second-order valence-corrected chi connectivity index (χ2v) is 8.27. The van der Waals surface area contributed by atoms with Gasteiger partial charge in [-0.05, 0) is 44.0 Å². The lowest BCUT2D eigenvalue weighted by atomic mass is 10.1. The Hall–Kier alpha value is -1.38. The van der Waals surface area contributed by atoms with E-state index in [4.69, 9.17) is 39.5 Å². The fourth-order valence-electron chi connectivity index (χ4n) is 3.65. The number of imidazole rings is 1. The second-order valence-electron chi connectivity index (χ2n) is 7.04. The fourth-order valence-corrected chi connectivity index (χ4v) is 4.38. The van der Waals surface area contributed by atoms with Crippen LogP contribution in [0.15, 0.2) is 24.3 Å². The number of pyridine rings is 1. The molecule has 162 valence electrons. The molecule has 1 saturated heterocycles. The van der Waals surface area contributed by atoms with Gasteiger partial charge in [-0.15, -0.1) is 0 Å². The SMILES string of the molecule is CCOc1c(Cl)cc(Cl)cc1CN[C@H]1CCCN(c2nc3nc(Cl)ccc3[nH]2)C1.S. The lowest BCUT2D eigenvalue weighted by molar-refractivity contribution is 0.333. The van der Waals surface area contributed by atoms with E-state index in [-0.39, 0.29) is 13.5 Å². The van der Waals surface area contributed by atoms with Gasteiger partial charge in [-0.1, -0.05) is 34.8 Å². The number of benzene rings is 1. The van der Waals surface area contributed by atoms with Crippen molar-refractivity contribution in [1.29, 1.82) is 0 Å². The number of rotatable bonds is 6. The van der Waals surface area contributed by atoms with Gasteiger partial charge in [-0.25, -0.2) is 4.98 Å². The van der Waals surface area contributed by atoms with Crippen LogP contribution >= 0.6 is 48.3 Å². The second kappa shape index (κ2) is 10.3. The predicted octanol–water partition coefficient (Wildman–Crippen LogP) is 5.19. The Kier molecular flexibility index (Phi) is 7.98. The number of aromatic nitrogens is 3. The molecule has 1 aliphatic rings. The van der Waals surface area contributed by atoms with Crippen LogP contribution in [0.2, 0.25) is 15.2 Å². The van der Waals surface area contributed by atoms with Crippen LogP contribution in [0, 0.1) is 0 Å². The van der Waals surface area contributed by atoms with Gasteiger partial charge >= 0.3 is 0 Å². The van der Waals surface area contributed by atoms with Crippen LogP contribution in [0.5, 0.6) is 5.75 Å². The molecule has 0 aliphatic carbocycles. The summed E-state index contributed by atoms with van der Waals surface area (Å²) in [6.07, 6.45) is 2.15. The van der Waals surface area contributed by atoms with Crippen molar-refractivity contribution in [2.24, 2.45) is 0 Å². The first kappa shape index (κ1) is 23.3. The van der Waals surface area contributed by atoms with Crippen molar-refractivity contribution in [2.45, 2.75) is 32.4 Å². The molecule has 0 spiro atoms. The van der Waals surface area contributed by atoms with Crippen LogP contribution in [0.25, 0.3) is 11.2 Å². The van der Waals surface area contributed by atoms with Crippen molar-refractivity contribution in [3.8, 4) is 5.75 Å². The molecule has 30 heavy (non-hydrogen) atoms. The highest BCUT2D eigenvalue weighted by Gasteiger charge is 2.23. The number of nitrogens with one attached hydrogen (secondary N) is 2. The van der Waals surface area contributed by atoms with E-state index in [1.165, 1.54) is 0 Å². The molecule has 0 amide bonds. The molecule has 2 aromatic heterocycles. The number of anilines is 1. The van der Waals surface area contributed by atoms with Gasteiger partial charge in [0, 0.05) is 36.3 Å². The number of hydrogen-bond donors (Lipinski definition) is 2. The Morgan fingerprint density at radius 1 is 1.23 bits per heavy atom. The number of H-pyrrole nitrogens is 1. The van der Waals surface area contributed by atoms with Gasteiger partial charge < -0.3 is 19.9 Å². The summed E-state index contributed by atoms with van der Waals surface area (Å²) < 4.78 is 5.72. The van der Waals surface area contributed by atoms with Gasteiger partial charge in [0.15, 0.2) is 5.65 Å². The Morgan fingerprint density at radius 2 is 2.07 bits per heavy atom. The number of piperidine rings is 1. The monoisotopic (exact) mass is 487 g/mol. The Balaban J connectivity index is 0.00000256. The first-order valence-corrected chi connectivity index (χ1v) is 10.8. The van der Waals surface area contributed by atoms with Gasteiger partial charge in [-0.3, -0.25) is 0 Å². The van der Waals surface area contributed by atoms with E-state index in [1.807, 2.05) is 19.1 Å². The van der Waals surface area contributed by atoms with Gasteiger partial charge in [0.25, 0.3) is 0 Å². The summed E-state index contributed by atoms with van der Waals surface area (Å²) in [6.45, 7) is 4.91. The molecule has 3 aromatic rings. The molecular weight excluding hydrogens is 465 g/mol. The van der Waals surface area contributed by atoms with E-state index in [0.29, 0.717) is 45.8 Å². The average Bonchev–Trinajstić information content (AvgIpc) is 3.12. The van der Waals surface area contributed by atoms with Crippen molar-refractivity contribution >= 4 is 65.4 Å². The molecular formula is C20H24Cl3N5OS. The first-order valence-electron chi connectivity index (χ1n) is 9.65. The average molecular weight is 489 g/mol. The zero-order valence-electron chi connectivity index (χ0n) is 16.5. The third-order valence-corrected chi connectivity index (χ3v) is 5.68. The summed E-state index contributed by atoms with van der Waals surface area (Å²) in [7, 11) is 0. The van der Waals surface area contributed by atoms with Crippen LogP contribution in [0.4, 0.5) is 5.95 Å². The first-order chi connectivity index (χ1) is 14.0. The molecule has 0 radical (unpaired) electrons. The van der Waals surface area contributed by atoms with E-state index in [0.717, 1.165) is 43.0 Å². The summed E-state index contributed by atoms with van der Waals surface area (Å²) in [6, 6.07) is 7.58. The maximum atomic E-state index is 6.31. The molecule has 0 bridgehead atoms. The number of hydrogen-bond acceptors (Lipinski definition) is 5. The molecule has 1 fully saturated rings. The van der Waals surface area contributed by atoms with Gasteiger partial charge in [-0.2, -0.15) is 18.5 Å². The van der Waals surface area contributed by atoms with Crippen LogP contribution in [0.1, 0.15) is 25.3 Å². The van der Waals surface area contributed by atoms with Crippen molar-refractivity contribution in [1.82, 2.24) is 20.3 Å². The topological polar surface area (TPSA) is 66.1 Å². The third kappa shape index (κ3) is 5.26. The molecule has 4 rings (SSSR count). The lowest BCUT2D eigenvalue weighted by Gasteiger charge is -2.33. The number of nitrogens with zero attached hydrogens (tertiary/aromatic N) is 3. The van der Waals surface area contributed by atoms with Crippen LogP contribution in [-0.2, 0) is 6.54 Å².